The fraction of sp³-hybridized carbons (Fsp3) is 0.750. The molecule has 15 heavy (non-hydrogen) atoms. The minimum absolute atomic E-state index is 0.735. The summed E-state index contributed by atoms with van der Waals surface area (Å²) in [5, 5.41) is 3.51. The van der Waals surface area contributed by atoms with Crippen LogP contribution in [-0.2, 0) is 13.1 Å². The zero-order chi connectivity index (χ0) is 10.7. The summed E-state index contributed by atoms with van der Waals surface area (Å²) >= 11 is 0. The molecule has 1 aromatic rings. The third kappa shape index (κ3) is 3.06. The van der Waals surface area contributed by atoms with E-state index in [-0.39, 0.29) is 0 Å². The van der Waals surface area contributed by atoms with Gasteiger partial charge in [0.15, 0.2) is 0 Å². The number of hydrogen-bond donors (Lipinski definition) is 1. The Labute approximate surface area is 91.9 Å². The minimum Gasteiger partial charge on any atom is -0.334 e. The van der Waals surface area contributed by atoms with Crippen molar-refractivity contribution in [1.82, 2.24) is 14.9 Å². The topological polar surface area (TPSA) is 29.9 Å². The van der Waals surface area contributed by atoms with Crippen molar-refractivity contribution in [3.05, 3.63) is 18.2 Å². The van der Waals surface area contributed by atoms with E-state index in [9.17, 15) is 0 Å². The molecule has 1 aliphatic rings. The Balaban J connectivity index is 1.88. The molecule has 0 aliphatic heterocycles. The Morgan fingerprint density at radius 2 is 2.40 bits per heavy atom. The molecule has 0 saturated heterocycles. The van der Waals surface area contributed by atoms with Crippen LogP contribution in [0.2, 0.25) is 0 Å². The molecule has 1 unspecified atom stereocenters. The monoisotopic (exact) mass is 207 g/mol. The molecule has 0 radical (unpaired) electrons. The number of rotatable bonds is 6. The molecule has 84 valence electrons. The molecule has 1 aliphatic carbocycles. The van der Waals surface area contributed by atoms with Crippen molar-refractivity contribution in [2.75, 3.05) is 0 Å². The maximum absolute atomic E-state index is 4.40. The first-order valence-electron chi connectivity index (χ1n) is 6.03. The predicted molar refractivity (Wildman–Crippen MR) is 61.5 cm³/mol. The second-order valence-corrected chi connectivity index (χ2v) is 4.66. The average Bonchev–Trinajstić information content (AvgIpc) is 2.97. The molecule has 0 spiro atoms. The maximum Gasteiger partial charge on any atom is 0.122 e. The van der Waals surface area contributed by atoms with Crippen molar-refractivity contribution >= 4 is 0 Å². The molecule has 1 N–H and O–H groups in total. The van der Waals surface area contributed by atoms with Crippen molar-refractivity contribution in [2.24, 2.45) is 5.92 Å². The highest BCUT2D eigenvalue weighted by molar-refractivity contribution is 4.94. The van der Waals surface area contributed by atoms with Gasteiger partial charge in [-0.2, -0.15) is 0 Å². The summed E-state index contributed by atoms with van der Waals surface area (Å²) in [6, 6.07) is 0.763. The summed E-state index contributed by atoms with van der Waals surface area (Å²) < 4.78 is 2.28. The van der Waals surface area contributed by atoms with Crippen molar-refractivity contribution < 1.29 is 0 Å². The molecule has 1 aromatic heterocycles. The van der Waals surface area contributed by atoms with Crippen LogP contribution in [0.1, 0.15) is 38.9 Å². The molecule has 3 nitrogen and oxygen atoms in total. The van der Waals surface area contributed by atoms with Gasteiger partial charge >= 0.3 is 0 Å². The van der Waals surface area contributed by atoms with Gasteiger partial charge in [0.25, 0.3) is 0 Å². The highest BCUT2D eigenvalue weighted by Gasteiger charge is 2.20. The lowest BCUT2D eigenvalue weighted by molar-refractivity contribution is 0.451. The van der Waals surface area contributed by atoms with E-state index >= 15 is 0 Å². The van der Waals surface area contributed by atoms with E-state index in [0.717, 1.165) is 25.0 Å². The third-order valence-electron chi connectivity index (χ3n) is 3.13. The van der Waals surface area contributed by atoms with Crippen molar-refractivity contribution in [3.8, 4) is 0 Å². The lowest BCUT2D eigenvalue weighted by Crippen LogP contribution is -2.20. The molecule has 1 saturated carbocycles. The average molecular weight is 207 g/mol. The zero-order valence-electron chi connectivity index (χ0n) is 9.74. The van der Waals surface area contributed by atoms with Crippen LogP contribution < -0.4 is 5.32 Å². The summed E-state index contributed by atoms with van der Waals surface area (Å²) in [6.07, 6.45) is 7.91. The van der Waals surface area contributed by atoms with Crippen LogP contribution in [0.15, 0.2) is 12.4 Å². The van der Waals surface area contributed by atoms with Crippen LogP contribution in [0.5, 0.6) is 0 Å². The fourth-order valence-corrected chi connectivity index (χ4v) is 1.66. The van der Waals surface area contributed by atoms with Crippen molar-refractivity contribution in [1.29, 1.82) is 0 Å². The van der Waals surface area contributed by atoms with Gasteiger partial charge in [0.1, 0.15) is 5.82 Å². The Morgan fingerprint density at radius 3 is 3.07 bits per heavy atom. The van der Waals surface area contributed by atoms with E-state index in [4.69, 9.17) is 0 Å². The number of hydrogen-bond acceptors (Lipinski definition) is 2. The summed E-state index contributed by atoms with van der Waals surface area (Å²) in [7, 11) is 0. The first-order valence-corrected chi connectivity index (χ1v) is 6.03. The van der Waals surface area contributed by atoms with Gasteiger partial charge in [0.2, 0.25) is 0 Å². The largest absolute Gasteiger partial charge is 0.334 e. The standard InChI is InChI=1S/C12H21N3/c1-3-10(2)9-15-7-6-13-12(15)8-14-11-4-5-11/h6-7,10-11,14H,3-5,8-9H2,1-2H3. The molecular weight excluding hydrogens is 186 g/mol. The molecule has 1 fully saturated rings. The molecule has 2 rings (SSSR count). The molecule has 1 heterocycles. The van der Waals surface area contributed by atoms with E-state index < -0.39 is 0 Å². The second-order valence-electron chi connectivity index (χ2n) is 4.66. The van der Waals surface area contributed by atoms with Crippen molar-refractivity contribution in [2.45, 2.75) is 52.2 Å². The molecule has 0 bridgehead atoms. The van der Waals surface area contributed by atoms with E-state index in [2.05, 4.69) is 34.9 Å². The summed E-state index contributed by atoms with van der Waals surface area (Å²) in [5.41, 5.74) is 0. The van der Waals surface area contributed by atoms with Gasteiger partial charge < -0.3 is 9.88 Å². The van der Waals surface area contributed by atoms with Crippen LogP contribution in [-0.4, -0.2) is 15.6 Å². The molecule has 0 amide bonds. The van der Waals surface area contributed by atoms with Gasteiger partial charge in [-0.05, 0) is 18.8 Å². The maximum atomic E-state index is 4.40. The quantitative estimate of drug-likeness (QED) is 0.775. The van der Waals surface area contributed by atoms with E-state index in [1.54, 1.807) is 0 Å². The van der Waals surface area contributed by atoms with Gasteiger partial charge in [-0.1, -0.05) is 20.3 Å². The number of imidazole rings is 1. The Hall–Kier alpha value is -0.830. The Bertz CT molecular complexity index is 302. The third-order valence-corrected chi connectivity index (χ3v) is 3.13. The van der Waals surface area contributed by atoms with E-state index in [1.165, 1.54) is 25.1 Å². The normalized spacial score (nSPS) is 18.0. The van der Waals surface area contributed by atoms with Gasteiger partial charge in [-0.3, -0.25) is 0 Å². The summed E-state index contributed by atoms with van der Waals surface area (Å²) in [6.45, 7) is 6.55. The highest BCUT2D eigenvalue weighted by Crippen LogP contribution is 2.19. The first kappa shape index (κ1) is 10.7. The summed E-state index contributed by atoms with van der Waals surface area (Å²) in [4.78, 5) is 4.40. The van der Waals surface area contributed by atoms with Crippen molar-refractivity contribution in [3.63, 3.8) is 0 Å². The van der Waals surface area contributed by atoms with Gasteiger partial charge in [-0.25, -0.2) is 4.98 Å². The van der Waals surface area contributed by atoms with E-state index in [0.29, 0.717) is 0 Å². The molecule has 0 aromatic carbocycles. The lowest BCUT2D eigenvalue weighted by Gasteiger charge is -2.12. The Morgan fingerprint density at radius 1 is 1.60 bits per heavy atom. The van der Waals surface area contributed by atoms with E-state index in [1.807, 2.05) is 6.20 Å². The van der Waals surface area contributed by atoms with Crippen LogP contribution in [0.25, 0.3) is 0 Å². The highest BCUT2D eigenvalue weighted by atomic mass is 15.1. The SMILES string of the molecule is CCC(C)Cn1ccnc1CNC1CC1. The fourth-order valence-electron chi connectivity index (χ4n) is 1.66. The van der Waals surface area contributed by atoms with Crippen LogP contribution in [0.4, 0.5) is 0 Å². The smallest absolute Gasteiger partial charge is 0.122 e. The number of aromatic nitrogens is 2. The first-order chi connectivity index (χ1) is 7.29. The van der Waals surface area contributed by atoms with Crippen LogP contribution in [0, 0.1) is 5.92 Å². The van der Waals surface area contributed by atoms with Gasteiger partial charge in [-0.15, -0.1) is 0 Å². The lowest BCUT2D eigenvalue weighted by atomic mass is 10.1. The Kier molecular flexibility index (Phi) is 3.41. The van der Waals surface area contributed by atoms with Gasteiger partial charge in [0.05, 0.1) is 6.54 Å². The molecule has 3 heteroatoms. The number of nitrogens with zero attached hydrogens (tertiary/aromatic N) is 2. The van der Waals surface area contributed by atoms with Gasteiger partial charge in [0, 0.05) is 25.0 Å². The predicted octanol–water partition coefficient (Wildman–Crippen LogP) is 2.18. The minimum atomic E-state index is 0.735. The zero-order valence-corrected chi connectivity index (χ0v) is 9.74. The number of nitrogens with one attached hydrogen (secondary N) is 1. The van der Waals surface area contributed by atoms with Crippen LogP contribution >= 0.6 is 0 Å². The molecular formula is C12H21N3. The second kappa shape index (κ2) is 4.79. The van der Waals surface area contributed by atoms with Crippen LogP contribution in [0.3, 0.4) is 0 Å². The molecule has 1 atom stereocenters. The summed E-state index contributed by atoms with van der Waals surface area (Å²) in [5.74, 6) is 1.92.